The average molecular weight is 435 g/mol. The zero-order chi connectivity index (χ0) is 21.9. The van der Waals surface area contributed by atoms with Gasteiger partial charge in [0.2, 0.25) is 5.95 Å². The van der Waals surface area contributed by atoms with Gasteiger partial charge in [0.15, 0.2) is 0 Å². The molecule has 1 saturated heterocycles. The monoisotopic (exact) mass is 434 g/mol. The van der Waals surface area contributed by atoms with Crippen LogP contribution in [-0.4, -0.2) is 50.5 Å². The van der Waals surface area contributed by atoms with Gasteiger partial charge in [-0.1, -0.05) is 6.07 Å². The fourth-order valence-electron chi connectivity index (χ4n) is 4.29. The summed E-state index contributed by atoms with van der Waals surface area (Å²) in [5, 5.41) is 27.9. The summed E-state index contributed by atoms with van der Waals surface area (Å²) in [5.41, 5.74) is 5.43. The van der Waals surface area contributed by atoms with E-state index in [1.807, 2.05) is 12.4 Å². The molecule has 0 aliphatic carbocycles. The number of hydrogen-bond donors (Lipinski definition) is 5. The lowest BCUT2D eigenvalue weighted by Gasteiger charge is -2.25. The summed E-state index contributed by atoms with van der Waals surface area (Å²) in [5.74, 6) is 1.33. The van der Waals surface area contributed by atoms with Crippen LogP contribution in [0.4, 0.5) is 17.5 Å². The van der Waals surface area contributed by atoms with Crippen molar-refractivity contribution in [3.05, 3.63) is 47.9 Å². The summed E-state index contributed by atoms with van der Waals surface area (Å²) >= 11 is 0. The largest absolute Gasteiger partial charge is 0.372 e. The van der Waals surface area contributed by atoms with E-state index >= 15 is 0 Å². The zero-order valence-corrected chi connectivity index (χ0v) is 18.3. The first-order valence-electron chi connectivity index (χ1n) is 11.3. The van der Waals surface area contributed by atoms with Gasteiger partial charge in [0.05, 0.1) is 6.20 Å². The Hall–Kier alpha value is -3.01. The molecule has 168 valence electrons. The molecule has 4 heterocycles. The van der Waals surface area contributed by atoms with Gasteiger partial charge in [-0.05, 0) is 69.1 Å². The predicted octanol–water partition coefficient (Wildman–Crippen LogP) is 2.40. The van der Waals surface area contributed by atoms with Crippen LogP contribution in [0.3, 0.4) is 0 Å². The van der Waals surface area contributed by atoms with Crippen LogP contribution in [0.5, 0.6) is 0 Å². The second kappa shape index (κ2) is 9.23. The highest BCUT2D eigenvalue weighted by molar-refractivity contribution is 5.75. The van der Waals surface area contributed by atoms with Crippen molar-refractivity contribution in [1.29, 1.82) is 0 Å². The number of hydrogen-bond acceptors (Lipinski definition) is 8. The van der Waals surface area contributed by atoms with Crippen molar-refractivity contribution in [2.24, 2.45) is 0 Å². The second-order valence-electron chi connectivity index (χ2n) is 8.50. The van der Waals surface area contributed by atoms with E-state index in [0.29, 0.717) is 12.0 Å². The topological polar surface area (TPSA) is 112 Å². The van der Waals surface area contributed by atoms with Gasteiger partial charge in [-0.3, -0.25) is 0 Å². The van der Waals surface area contributed by atoms with Crippen molar-refractivity contribution >= 4 is 17.5 Å². The zero-order valence-electron chi connectivity index (χ0n) is 18.3. The molecule has 1 aromatic carbocycles. The van der Waals surface area contributed by atoms with E-state index in [2.05, 4.69) is 49.5 Å². The van der Waals surface area contributed by atoms with Crippen molar-refractivity contribution in [2.45, 2.75) is 45.0 Å². The van der Waals surface area contributed by atoms with Gasteiger partial charge in [0, 0.05) is 41.8 Å². The minimum Gasteiger partial charge on any atom is -0.372 e. The van der Waals surface area contributed by atoms with Crippen LogP contribution in [0.15, 0.2) is 36.8 Å². The molecule has 0 saturated carbocycles. The molecular weight excluding hydrogens is 404 g/mol. The molecule has 5 N–H and O–H groups in total. The number of nitrogens with one attached hydrogen (secondary N) is 4. The standard InChI is InChI=1S/C23H30N8O/c1-15(32)31-14-18(12-27-31)21-13-26-23(30-22(21)28-19-5-8-24-9-6-19)29-20-3-2-16-4-7-25-11-17(16)10-20/h2-3,10,12-15,19,24-25,32H,4-9,11H2,1H3,(H2,26,28,29,30). The van der Waals surface area contributed by atoms with Crippen LogP contribution in [0.1, 0.15) is 37.1 Å². The number of benzene rings is 1. The quantitative estimate of drug-likeness (QED) is 0.402. The van der Waals surface area contributed by atoms with E-state index in [0.717, 1.165) is 68.1 Å². The van der Waals surface area contributed by atoms with Gasteiger partial charge < -0.3 is 26.4 Å². The highest BCUT2D eigenvalue weighted by Crippen LogP contribution is 2.29. The molecular formula is C23H30N8O. The fraction of sp³-hybridized carbons (Fsp3) is 0.435. The summed E-state index contributed by atoms with van der Waals surface area (Å²) in [6, 6.07) is 6.80. The summed E-state index contributed by atoms with van der Waals surface area (Å²) in [4.78, 5) is 9.42. The Morgan fingerprint density at radius 2 is 2.00 bits per heavy atom. The Morgan fingerprint density at radius 1 is 1.12 bits per heavy atom. The molecule has 0 amide bonds. The van der Waals surface area contributed by atoms with Gasteiger partial charge in [0.1, 0.15) is 12.0 Å². The van der Waals surface area contributed by atoms with Crippen molar-refractivity contribution in [1.82, 2.24) is 30.4 Å². The molecule has 1 fully saturated rings. The molecule has 1 atom stereocenters. The van der Waals surface area contributed by atoms with Crippen LogP contribution < -0.4 is 21.3 Å². The fourth-order valence-corrected chi connectivity index (χ4v) is 4.29. The molecule has 1 unspecified atom stereocenters. The van der Waals surface area contributed by atoms with Crippen molar-refractivity contribution < 1.29 is 5.11 Å². The normalized spacial score (nSPS) is 17.6. The minimum absolute atomic E-state index is 0.347. The summed E-state index contributed by atoms with van der Waals surface area (Å²) in [6.07, 6.45) is 7.83. The SMILES string of the molecule is CC(O)n1cc(-c2cnc(Nc3ccc4c(c3)CNCC4)nc2NC2CCNCC2)cn1. The van der Waals surface area contributed by atoms with Gasteiger partial charge in [-0.2, -0.15) is 10.1 Å². The first-order chi connectivity index (χ1) is 15.7. The molecule has 2 aliphatic heterocycles. The van der Waals surface area contributed by atoms with Crippen LogP contribution in [0.2, 0.25) is 0 Å². The van der Waals surface area contributed by atoms with Crippen LogP contribution in [-0.2, 0) is 13.0 Å². The molecule has 0 bridgehead atoms. The maximum Gasteiger partial charge on any atom is 0.229 e. The third-order valence-corrected chi connectivity index (χ3v) is 6.11. The predicted molar refractivity (Wildman–Crippen MR) is 125 cm³/mol. The summed E-state index contributed by atoms with van der Waals surface area (Å²) in [6.45, 7) is 5.59. The Balaban J connectivity index is 1.43. The highest BCUT2D eigenvalue weighted by Gasteiger charge is 2.18. The number of aliphatic hydroxyl groups excluding tert-OH is 1. The summed E-state index contributed by atoms with van der Waals surface area (Å²) < 4.78 is 1.52. The lowest BCUT2D eigenvalue weighted by molar-refractivity contribution is 0.111. The average Bonchev–Trinajstić information content (AvgIpc) is 3.30. The number of nitrogens with zero attached hydrogens (tertiary/aromatic N) is 4. The van der Waals surface area contributed by atoms with Gasteiger partial charge in [-0.25, -0.2) is 9.67 Å². The number of aromatic nitrogens is 4. The first-order valence-corrected chi connectivity index (χ1v) is 11.3. The van der Waals surface area contributed by atoms with E-state index in [-0.39, 0.29) is 0 Å². The third-order valence-electron chi connectivity index (χ3n) is 6.11. The molecule has 2 aliphatic rings. The van der Waals surface area contributed by atoms with E-state index in [1.165, 1.54) is 15.8 Å². The van der Waals surface area contributed by atoms with Crippen molar-refractivity contribution in [3.63, 3.8) is 0 Å². The number of fused-ring (bicyclic) bond motifs is 1. The number of rotatable bonds is 6. The van der Waals surface area contributed by atoms with Crippen LogP contribution >= 0.6 is 0 Å². The smallest absolute Gasteiger partial charge is 0.229 e. The summed E-state index contributed by atoms with van der Waals surface area (Å²) in [7, 11) is 0. The Bertz CT molecular complexity index is 1070. The van der Waals surface area contributed by atoms with Crippen LogP contribution in [0, 0.1) is 0 Å². The Labute approximate surface area is 187 Å². The molecule has 5 rings (SSSR count). The van der Waals surface area contributed by atoms with Gasteiger partial charge in [-0.15, -0.1) is 0 Å². The van der Waals surface area contributed by atoms with Gasteiger partial charge in [0.25, 0.3) is 0 Å². The minimum atomic E-state index is -0.690. The van der Waals surface area contributed by atoms with E-state index in [9.17, 15) is 5.11 Å². The third kappa shape index (κ3) is 4.59. The number of aliphatic hydroxyl groups is 1. The maximum atomic E-state index is 9.84. The molecule has 32 heavy (non-hydrogen) atoms. The lowest BCUT2D eigenvalue weighted by atomic mass is 10.0. The van der Waals surface area contributed by atoms with Crippen LogP contribution in [0.25, 0.3) is 11.1 Å². The molecule has 0 radical (unpaired) electrons. The molecule has 9 heteroatoms. The maximum absolute atomic E-state index is 9.84. The highest BCUT2D eigenvalue weighted by atomic mass is 16.3. The second-order valence-corrected chi connectivity index (χ2v) is 8.50. The Kier molecular flexibility index (Phi) is 6.02. The molecule has 3 aromatic rings. The van der Waals surface area contributed by atoms with Crippen molar-refractivity contribution in [3.8, 4) is 11.1 Å². The van der Waals surface area contributed by atoms with E-state index < -0.39 is 6.23 Å². The van der Waals surface area contributed by atoms with E-state index in [4.69, 9.17) is 4.98 Å². The Morgan fingerprint density at radius 3 is 2.81 bits per heavy atom. The number of anilines is 3. The van der Waals surface area contributed by atoms with Crippen molar-refractivity contribution in [2.75, 3.05) is 30.3 Å². The first kappa shape index (κ1) is 20.9. The van der Waals surface area contributed by atoms with E-state index in [1.54, 1.807) is 13.1 Å². The molecule has 2 aromatic heterocycles. The number of piperidine rings is 1. The lowest BCUT2D eigenvalue weighted by Crippen LogP contribution is -2.35. The van der Waals surface area contributed by atoms with Gasteiger partial charge >= 0.3 is 0 Å². The molecule has 9 nitrogen and oxygen atoms in total. The molecule has 0 spiro atoms.